The predicted octanol–water partition coefficient (Wildman–Crippen LogP) is 3.72. The molecular weight excluding hydrogens is 307 g/mol. The molecule has 2 nitrogen and oxygen atoms in total. The van der Waals surface area contributed by atoms with Crippen LogP contribution in [-0.4, -0.2) is 25.7 Å². The maximum atomic E-state index is 13.7. The van der Waals surface area contributed by atoms with Crippen LogP contribution in [0.25, 0.3) is 0 Å². The molecule has 1 unspecified atom stereocenters. The third-order valence-electron chi connectivity index (χ3n) is 3.59. The molecule has 1 fully saturated rings. The molecule has 1 N–H and O–H groups in total. The first-order chi connectivity index (χ1) is 8.97. The molecule has 1 aromatic carbocycles. The minimum atomic E-state index is -0.181. The summed E-state index contributed by atoms with van der Waals surface area (Å²) in [6.45, 7) is 9.39. The molecule has 1 atom stereocenters. The number of hydrogen-bond donors (Lipinski definition) is 1. The number of aryl methyl sites for hydroxylation is 1. The van der Waals surface area contributed by atoms with Crippen molar-refractivity contribution in [2.24, 2.45) is 5.92 Å². The van der Waals surface area contributed by atoms with Gasteiger partial charge in [0.05, 0.1) is 4.47 Å². The summed E-state index contributed by atoms with van der Waals surface area (Å²) in [4.78, 5) is 2.30. The smallest absolute Gasteiger partial charge is 0.139 e. The Balaban J connectivity index is 2.15. The number of nitrogens with one attached hydrogen (secondary N) is 1. The van der Waals surface area contributed by atoms with Crippen LogP contribution in [0.5, 0.6) is 0 Å². The molecule has 106 valence electrons. The van der Waals surface area contributed by atoms with Crippen LogP contribution in [0.15, 0.2) is 16.6 Å². The fraction of sp³-hybridized carbons (Fsp3) is 0.600. The van der Waals surface area contributed by atoms with Crippen molar-refractivity contribution < 1.29 is 4.39 Å². The van der Waals surface area contributed by atoms with Crippen LogP contribution >= 0.6 is 15.9 Å². The van der Waals surface area contributed by atoms with E-state index in [2.05, 4.69) is 40.0 Å². The van der Waals surface area contributed by atoms with Crippen LogP contribution in [0.1, 0.15) is 25.8 Å². The van der Waals surface area contributed by atoms with Gasteiger partial charge >= 0.3 is 0 Å². The van der Waals surface area contributed by atoms with Crippen molar-refractivity contribution in [1.82, 2.24) is 5.32 Å². The van der Waals surface area contributed by atoms with E-state index in [0.717, 1.165) is 37.3 Å². The predicted molar refractivity (Wildman–Crippen MR) is 82.3 cm³/mol. The van der Waals surface area contributed by atoms with E-state index in [1.165, 1.54) is 0 Å². The van der Waals surface area contributed by atoms with Crippen LogP contribution in [-0.2, 0) is 0 Å². The van der Waals surface area contributed by atoms with Crippen molar-refractivity contribution in [1.29, 1.82) is 0 Å². The molecule has 0 spiro atoms. The van der Waals surface area contributed by atoms with Gasteiger partial charge < -0.3 is 10.2 Å². The average Bonchev–Trinajstić information content (AvgIpc) is 2.33. The molecule has 1 aliphatic heterocycles. The number of nitrogens with zero attached hydrogens (tertiary/aromatic N) is 1. The van der Waals surface area contributed by atoms with Crippen molar-refractivity contribution in [3.05, 3.63) is 28.0 Å². The van der Waals surface area contributed by atoms with E-state index in [4.69, 9.17) is 0 Å². The van der Waals surface area contributed by atoms with Crippen LogP contribution in [0, 0.1) is 18.7 Å². The Morgan fingerprint density at radius 1 is 1.47 bits per heavy atom. The first kappa shape index (κ1) is 14.8. The van der Waals surface area contributed by atoms with Gasteiger partial charge in [0.15, 0.2) is 0 Å². The largest absolute Gasteiger partial charge is 0.368 e. The number of anilines is 1. The average molecular weight is 329 g/mol. The summed E-state index contributed by atoms with van der Waals surface area (Å²) in [5.74, 6) is 0.500. The fourth-order valence-corrected chi connectivity index (χ4v) is 3.21. The number of rotatable bonds is 3. The minimum absolute atomic E-state index is 0.181. The second-order valence-electron chi connectivity index (χ2n) is 5.78. The van der Waals surface area contributed by atoms with Gasteiger partial charge in [-0.25, -0.2) is 4.39 Å². The molecule has 2 rings (SSSR count). The topological polar surface area (TPSA) is 15.3 Å². The SMILES string of the molecule is Cc1cc(Br)c(F)cc1N1CCNC(CC(C)C)C1. The van der Waals surface area contributed by atoms with Gasteiger partial charge in [-0.05, 0) is 52.9 Å². The van der Waals surface area contributed by atoms with Gasteiger partial charge in [-0.1, -0.05) is 13.8 Å². The highest BCUT2D eigenvalue weighted by Crippen LogP contribution is 2.28. The van der Waals surface area contributed by atoms with Gasteiger partial charge in [-0.2, -0.15) is 0 Å². The van der Waals surface area contributed by atoms with Gasteiger partial charge in [0.2, 0.25) is 0 Å². The number of benzene rings is 1. The summed E-state index contributed by atoms with van der Waals surface area (Å²) in [7, 11) is 0. The van der Waals surface area contributed by atoms with Crippen LogP contribution < -0.4 is 10.2 Å². The quantitative estimate of drug-likeness (QED) is 0.909. The maximum Gasteiger partial charge on any atom is 0.139 e. The summed E-state index contributed by atoms with van der Waals surface area (Å²) in [5.41, 5.74) is 2.15. The van der Waals surface area contributed by atoms with Gasteiger partial charge in [-0.15, -0.1) is 0 Å². The Bertz CT molecular complexity index is 448. The highest BCUT2D eigenvalue weighted by atomic mass is 79.9. The van der Waals surface area contributed by atoms with Gasteiger partial charge in [0.1, 0.15) is 5.82 Å². The lowest BCUT2D eigenvalue weighted by Gasteiger charge is -2.37. The Morgan fingerprint density at radius 3 is 2.89 bits per heavy atom. The molecule has 0 saturated carbocycles. The molecule has 0 aliphatic carbocycles. The summed E-state index contributed by atoms with van der Waals surface area (Å²) in [6, 6.07) is 4.02. The second-order valence-corrected chi connectivity index (χ2v) is 6.63. The molecule has 0 amide bonds. The Morgan fingerprint density at radius 2 is 2.21 bits per heavy atom. The minimum Gasteiger partial charge on any atom is -0.368 e. The molecule has 19 heavy (non-hydrogen) atoms. The number of hydrogen-bond acceptors (Lipinski definition) is 2. The van der Waals surface area contributed by atoms with Gasteiger partial charge in [0, 0.05) is 31.4 Å². The third kappa shape index (κ3) is 3.69. The first-order valence-electron chi connectivity index (χ1n) is 6.91. The Hall–Kier alpha value is -0.610. The van der Waals surface area contributed by atoms with Crippen LogP contribution in [0.2, 0.25) is 0 Å². The van der Waals surface area contributed by atoms with E-state index in [-0.39, 0.29) is 5.82 Å². The Labute approximate surface area is 123 Å². The lowest BCUT2D eigenvalue weighted by Crippen LogP contribution is -2.51. The molecule has 0 aromatic heterocycles. The molecule has 1 saturated heterocycles. The molecule has 1 aliphatic rings. The summed E-state index contributed by atoms with van der Waals surface area (Å²) in [6.07, 6.45) is 1.16. The standard InChI is InChI=1S/C15H22BrFN2/c1-10(2)6-12-9-19(5-4-18-12)15-8-14(17)13(16)7-11(15)3/h7-8,10,12,18H,4-6,9H2,1-3H3. The molecule has 4 heteroatoms. The molecule has 0 radical (unpaired) electrons. The molecular formula is C15H22BrFN2. The first-order valence-corrected chi connectivity index (χ1v) is 7.70. The number of halogens is 2. The third-order valence-corrected chi connectivity index (χ3v) is 4.20. The fourth-order valence-electron chi connectivity index (χ4n) is 2.75. The lowest BCUT2D eigenvalue weighted by atomic mass is 10.0. The second kappa shape index (κ2) is 6.23. The zero-order valence-corrected chi connectivity index (χ0v) is 13.4. The monoisotopic (exact) mass is 328 g/mol. The van der Waals surface area contributed by atoms with Crippen LogP contribution in [0.3, 0.4) is 0 Å². The van der Waals surface area contributed by atoms with Crippen molar-refractivity contribution in [3.8, 4) is 0 Å². The molecule has 0 bridgehead atoms. The van der Waals surface area contributed by atoms with Gasteiger partial charge in [0.25, 0.3) is 0 Å². The van der Waals surface area contributed by atoms with E-state index in [9.17, 15) is 4.39 Å². The number of piperazine rings is 1. The van der Waals surface area contributed by atoms with Crippen molar-refractivity contribution in [2.75, 3.05) is 24.5 Å². The van der Waals surface area contributed by atoms with Crippen molar-refractivity contribution >= 4 is 21.6 Å². The van der Waals surface area contributed by atoms with E-state index < -0.39 is 0 Å². The van der Waals surface area contributed by atoms with E-state index in [1.54, 1.807) is 6.07 Å². The zero-order chi connectivity index (χ0) is 14.0. The van der Waals surface area contributed by atoms with Crippen molar-refractivity contribution in [3.63, 3.8) is 0 Å². The van der Waals surface area contributed by atoms with E-state index in [1.807, 2.05) is 13.0 Å². The highest BCUT2D eigenvalue weighted by Gasteiger charge is 2.22. The zero-order valence-electron chi connectivity index (χ0n) is 11.8. The van der Waals surface area contributed by atoms with Crippen LogP contribution in [0.4, 0.5) is 10.1 Å². The van der Waals surface area contributed by atoms with E-state index in [0.29, 0.717) is 16.4 Å². The maximum absolute atomic E-state index is 13.7. The van der Waals surface area contributed by atoms with Crippen molar-refractivity contribution in [2.45, 2.75) is 33.2 Å². The highest BCUT2D eigenvalue weighted by molar-refractivity contribution is 9.10. The normalized spacial score (nSPS) is 20.1. The molecule has 1 aromatic rings. The summed E-state index contributed by atoms with van der Waals surface area (Å²) in [5, 5.41) is 3.55. The summed E-state index contributed by atoms with van der Waals surface area (Å²) >= 11 is 3.24. The van der Waals surface area contributed by atoms with Gasteiger partial charge in [-0.3, -0.25) is 0 Å². The summed E-state index contributed by atoms with van der Waals surface area (Å²) < 4.78 is 14.3. The van der Waals surface area contributed by atoms with E-state index >= 15 is 0 Å². The molecule has 1 heterocycles. The lowest BCUT2D eigenvalue weighted by molar-refractivity contribution is 0.388. The Kier molecular flexibility index (Phi) is 4.85.